The number of rotatable bonds is 2. The van der Waals surface area contributed by atoms with E-state index in [0.29, 0.717) is 11.6 Å². The van der Waals surface area contributed by atoms with E-state index in [1.807, 2.05) is 0 Å². The molecule has 0 aliphatic rings. The highest BCUT2D eigenvalue weighted by Crippen LogP contribution is 1.90. The van der Waals surface area contributed by atoms with Crippen LogP contribution in [0, 0.1) is 0 Å². The Bertz CT molecular complexity index is 224. The van der Waals surface area contributed by atoms with Crippen LogP contribution in [0.5, 0.6) is 0 Å². The highest BCUT2D eigenvalue weighted by Gasteiger charge is 1.95. The van der Waals surface area contributed by atoms with Gasteiger partial charge in [0.2, 0.25) is 0 Å². The zero-order valence-electron chi connectivity index (χ0n) is 5.65. The first-order valence-electron chi connectivity index (χ1n) is 2.85. The number of aromatic nitrogens is 2. The van der Waals surface area contributed by atoms with Gasteiger partial charge in [0.1, 0.15) is 5.82 Å². The standard InChI is InChI=1S/C6H8N2OS/c1-10(9)5-6-7-3-2-4-8-6/h2-4H,5H2,1H3. The van der Waals surface area contributed by atoms with Gasteiger partial charge in [0.25, 0.3) is 0 Å². The van der Waals surface area contributed by atoms with Gasteiger partial charge in [-0.1, -0.05) is 0 Å². The minimum atomic E-state index is -0.842. The zero-order valence-corrected chi connectivity index (χ0v) is 6.47. The Morgan fingerprint density at radius 1 is 1.50 bits per heavy atom. The van der Waals surface area contributed by atoms with E-state index in [2.05, 4.69) is 9.97 Å². The van der Waals surface area contributed by atoms with Gasteiger partial charge in [-0.3, -0.25) is 4.21 Å². The second-order valence-corrected chi connectivity index (χ2v) is 3.32. The van der Waals surface area contributed by atoms with Gasteiger partial charge in [-0.05, 0) is 6.07 Å². The molecule has 0 radical (unpaired) electrons. The first-order chi connectivity index (χ1) is 4.79. The quantitative estimate of drug-likeness (QED) is 0.620. The van der Waals surface area contributed by atoms with Gasteiger partial charge in [-0.25, -0.2) is 9.97 Å². The molecule has 0 amide bonds. The molecular formula is C6H8N2OS. The molecule has 0 spiro atoms. The summed E-state index contributed by atoms with van der Waals surface area (Å²) in [5, 5.41) is 0. The van der Waals surface area contributed by atoms with E-state index < -0.39 is 10.8 Å². The summed E-state index contributed by atoms with van der Waals surface area (Å²) >= 11 is 0. The molecule has 1 aromatic heterocycles. The van der Waals surface area contributed by atoms with Crippen molar-refractivity contribution < 1.29 is 4.21 Å². The predicted molar refractivity (Wildman–Crippen MR) is 39.8 cm³/mol. The lowest BCUT2D eigenvalue weighted by atomic mass is 10.6. The van der Waals surface area contributed by atoms with Crippen molar-refractivity contribution >= 4 is 10.8 Å². The molecule has 3 nitrogen and oxygen atoms in total. The first kappa shape index (κ1) is 7.34. The molecule has 0 fully saturated rings. The van der Waals surface area contributed by atoms with Gasteiger partial charge in [0.05, 0.1) is 5.75 Å². The molecule has 0 aliphatic carbocycles. The van der Waals surface area contributed by atoms with Crippen molar-refractivity contribution in [3.63, 3.8) is 0 Å². The summed E-state index contributed by atoms with van der Waals surface area (Å²) in [5.41, 5.74) is 0. The van der Waals surface area contributed by atoms with Crippen molar-refractivity contribution in [3.8, 4) is 0 Å². The molecule has 4 heteroatoms. The maximum Gasteiger partial charge on any atom is 0.140 e. The molecule has 0 saturated carbocycles. The largest absolute Gasteiger partial charge is 0.259 e. The molecule has 54 valence electrons. The van der Waals surface area contributed by atoms with E-state index in [1.54, 1.807) is 24.7 Å². The van der Waals surface area contributed by atoms with E-state index >= 15 is 0 Å². The summed E-state index contributed by atoms with van der Waals surface area (Å²) in [6, 6.07) is 1.74. The van der Waals surface area contributed by atoms with Crippen LogP contribution in [0.3, 0.4) is 0 Å². The van der Waals surface area contributed by atoms with Crippen molar-refractivity contribution in [2.24, 2.45) is 0 Å². The molecule has 1 atom stereocenters. The van der Waals surface area contributed by atoms with Crippen molar-refractivity contribution in [1.82, 2.24) is 9.97 Å². The fourth-order valence-corrected chi connectivity index (χ4v) is 1.10. The van der Waals surface area contributed by atoms with Crippen LogP contribution in [0.25, 0.3) is 0 Å². The molecule has 0 N–H and O–H groups in total. The summed E-state index contributed by atoms with van der Waals surface area (Å²) in [6.45, 7) is 0. The van der Waals surface area contributed by atoms with E-state index in [9.17, 15) is 4.21 Å². The Morgan fingerprint density at radius 3 is 2.60 bits per heavy atom. The highest BCUT2D eigenvalue weighted by molar-refractivity contribution is 7.83. The topological polar surface area (TPSA) is 42.9 Å². The van der Waals surface area contributed by atoms with Crippen LogP contribution < -0.4 is 0 Å². The van der Waals surface area contributed by atoms with Gasteiger partial charge >= 0.3 is 0 Å². The summed E-state index contributed by atoms with van der Waals surface area (Å²) in [7, 11) is -0.842. The molecule has 10 heavy (non-hydrogen) atoms. The van der Waals surface area contributed by atoms with Crippen molar-refractivity contribution in [2.75, 3.05) is 6.26 Å². The van der Waals surface area contributed by atoms with Crippen LogP contribution in [-0.2, 0) is 16.6 Å². The minimum Gasteiger partial charge on any atom is -0.259 e. The molecule has 1 unspecified atom stereocenters. The number of hydrogen-bond donors (Lipinski definition) is 0. The Hall–Kier alpha value is -0.770. The molecule has 0 aromatic carbocycles. The Balaban J connectivity index is 2.67. The number of nitrogens with zero attached hydrogens (tertiary/aromatic N) is 2. The van der Waals surface area contributed by atoms with Crippen LogP contribution in [0.2, 0.25) is 0 Å². The van der Waals surface area contributed by atoms with Crippen molar-refractivity contribution in [1.29, 1.82) is 0 Å². The lowest BCUT2D eigenvalue weighted by molar-refractivity contribution is 0.685. The molecule has 0 aliphatic heterocycles. The fourth-order valence-electron chi connectivity index (χ4n) is 0.586. The number of hydrogen-bond acceptors (Lipinski definition) is 3. The van der Waals surface area contributed by atoms with Gasteiger partial charge in [-0.2, -0.15) is 0 Å². The highest BCUT2D eigenvalue weighted by atomic mass is 32.2. The van der Waals surface area contributed by atoms with Gasteiger partial charge in [0, 0.05) is 29.4 Å². The lowest BCUT2D eigenvalue weighted by Gasteiger charge is -1.92. The third-order valence-corrected chi connectivity index (χ3v) is 1.62. The Morgan fingerprint density at radius 2 is 2.10 bits per heavy atom. The van der Waals surface area contributed by atoms with Crippen LogP contribution >= 0.6 is 0 Å². The molecule has 1 heterocycles. The summed E-state index contributed by atoms with van der Waals surface area (Å²) in [4.78, 5) is 7.83. The fraction of sp³-hybridized carbons (Fsp3) is 0.333. The Labute approximate surface area is 62.0 Å². The second kappa shape index (κ2) is 3.41. The van der Waals surface area contributed by atoms with E-state index in [4.69, 9.17) is 0 Å². The third kappa shape index (κ3) is 2.23. The normalized spacial score (nSPS) is 12.9. The third-order valence-electron chi connectivity index (χ3n) is 0.952. The molecular weight excluding hydrogens is 148 g/mol. The molecule has 1 rings (SSSR count). The summed E-state index contributed by atoms with van der Waals surface area (Å²) in [5.74, 6) is 1.09. The minimum absolute atomic E-state index is 0.445. The SMILES string of the molecule is CS(=O)Cc1ncccn1. The van der Waals surface area contributed by atoms with Crippen LogP contribution in [0.15, 0.2) is 18.5 Å². The summed E-state index contributed by atoms with van der Waals surface area (Å²) in [6.07, 6.45) is 4.93. The van der Waals surface area contributed by atoms with Gasteiger partial charge in [-0.15, -0.1) is 0 Å². The van der Waals surface area contributed by atoms with Gasteiger partial charge < -0.3 is 0 Å². The molecule has 0 saturated heterocycles. The van der Waals surface area contributed by atoms with Gasteiger partial charge in [0.15, 0.2) is 0 Å². The van der Waals surface area contributed by atoms with E-state index in [1.165, 1.54) is 0 Å². The molecule has 1 aromatic rings. The molecule has 0 bridgehead atoms. The van der Waals surface area contributed by atoms with Crippen molar-refractivity contribution in [3.05, 3.63) is 24.3 Å². The Kier molecular flexibility index (Phi) is 2.50. The van der Waals surface area contributed by atoms with Crippen molar-refractivity contribution in [2.45, 2.75) is 5.75 Å². The van der Waals surface area contributed by atoms with E-state index in [0.717, 1.165) is 0 Å². The average molecular weight is 156 g/mol. The second-order valence-electron chi connectivity index (χ2n) is 1.88. The van der Waals surface area contributed by atoms with Crippen LogP contribution in [0.1, 0.15) is 5.82 Å². The monoisotopic (exact) mass is 156 g/mol. The summed E-state index contributed by atoms with van der Waals surface area (Å²) < 4.78 is 10.6. The predicted octanol–water partition coefficient (Wildman–Crippen LogP) is 0.355. The lowest BCUT2D eigenvalue weighted by Crippen LogP contribution is -1.97. The van der Waals surface area contributed by atoms with Crippen LogP contribution in [0.4, 0.5) is 0 Å². The maximum atomic E-state index is 10.6. The first-order valence-corrected chi connectivity index (χ1v) is 4.57. The smallest absolute Gasteiger partial charge is 0.140 e. The zero-order chi connectivity index (χ0) is 7.40. The van der Waals surface area contributed by atoms with E-state index in [-0.39, 0.29) is 0 Å². The van der Waals surface area contributed by atoms with Crippen LogP contribution in [-0.4, -0.2) is 20.4 Å². The maximum absolute atomic E-state index is 10.6. The average Bonchev–Trinajstić information content (AvgIpc) is 1.88.